The van der Waals surface area contributed by atoms with Crippen LogP contribution in [-0.2, 0) is 4.79 Å². The molecule has 1 heterocycles. The zero-order valence-electron chi connectivity index (χ0n) is 10.4. The molecule has 2 aromatic rings. The van der Waals surface area contributed by atoms with Crippen molar-refractivity contribution in [2.45, 2.75) is 13.8 Å². The van der Waals surface area contributed by atoms with Crippen molar-refractivity contribution in [3.8, 4) is 5.75 Å². The smallest absolute Gasteiger partial charge is 0.271 e. The summed E-state index contributed by atoms with van der Waals surface area (Å²) in [7, 11) is 0. The van der Waals surface area contributed by atoms with Crippen LogP contribution in [0, 0.1) is 13.8 Å². The zero-order chi connectivity index (χ0) is 13.1. The van der Waals surface area contributed by atoms with Crippen molar-refractivity contribution in [2.75, 3.05) is 6.61 Å². The molecule has 0 atom stereocenters. The van der Waals surface area contributed by atoms with Gasteiger partial charge >= 0.3 is 0 Å². The number of aryl methyl sites for hydroxylation is 2. The molecule has 5 nitrogen and oxygen atoms in total. The molecule has 0 fully saturated rings. The Balaban J connectivity index is 2.40. The monoisotopic (exact) mass is 245 g/mol. The Morgan fingerprint density at radius 2 is 2.17 bits per heavy atom. The maximum Gasteiger partial charge on any atom is 0.271 e. The van der Waals surface area contributed by atoms with Gasteiger partial charge in [-0.1, -0.05) is 6.07 Å². The molecule has 1 aromatic heterocycles. The minimum Gasteiger partial charge on any atom is -0.483 e. The lowest BCUT2D eigenvalue weighted by atomic mass is 10.1. The van der Waals surface area contributed by atoms with Gasteiger partial charge in [0.05, 0.1) is 5.52 Å². The molecule has 0 aliphatic carbocycles. The van der Waals surface area contributed by atoms with E-state index in [2.05, 4.69) is 4.98 Å². The van der Waals surface area contributed by atoms with Crippen LogP contribution in [0.5, 0.6) is 5.75 Å². The summed E-state index contributed by atoms with van der Waals surface area (Å²) in [5, 5.41) is 0.894. The number of aromatic nitrogens is 1. The minimum absolute atomic E-state index is 0.109. The van der Waals surface area contributed by atoms with Gasteiger partial charge in [-0.25, -0.2) is 5.84 Å². The molecule has 0 saturated carbocycles. The molecule has 0 radical (unpaired) electrons. The first-order valence-corrected chi connectivity index (χ1v) is 5.60. The lowest BCUT2D eigenvalue weighted by Gasteiger charge is -2.10. The third-order valence-corrected chi connectivity index (χ3v) is 2.92. The first-order valence-electron chi connectivity index (χ1n) is 5.60. The van der Waals surface area contributed by atoms with E-state index in [9.17, 15) is 4.79 Å². The van der Waals surface area contributed by atoms with Gasteiger partial charge in [0.2, 0.25) is 0 Å². The Kier molecular flexibility index (Phi) is 3.43. The van der Waals surface area contributed by atoms with Gasteiger partial charge in [-0.15, -0.1) is 0 Å². The number of amides is 1. The molecule has 1 aromatic carbocycles. The highest BCUT2D eigenvalue weighted by Crippen LogP contribution is 2.27. The summed E-state index contributed by atoms with van der Waals surface area (Å²) in [6, 6.07) is 5.69. The van der Waals surface area contributed by atoms with Crippen LogP contribution in [-0.4, -0.2) is 17.5 Å². The van der Waals surface area contributed by atoms with Crippen molar-refractivity contribution in [3.05, 3.63) is 35.5 Å². The molecule has 0 bridgehead atoms. The van der Waals surface area contributed by atoms with Crippen LogP contribution < -0.4 is 16.0 Å². The van der Waals surface area contributed by atoms with Crippen molar-refractivity contribution in [1.29, 1.82) is 0 Å². The fraction of sp³-hybridized carbons (Fsp3) is 0.231. The van der Waals surface area contributed by atoms with Crippen LogP contribution in [0.25, 0.3) is 10.9 Å². The molecule has 0 saturated heterocycles. The Morgan fingerprint density at radius 1 is 1.39 bits per heavy atom. The van der Waals surface area contributed by atoms with E-state index >= 15 is 0 Å². The van der Waals surface area contributed by atoms with Gasteiger partial charge in [0.1, 0.15) is 5.75 Å². The number of rotatable bonds is 3. The van der Waals surface area contributed by atoms with Crippen LogP contribution in [0.1, 0.15) is 11.1 Å². The Labute approximate surface area is 105 Å². The second-order valence-corrected chi connectivity index (χ2v) is 4.07. The summed E-state index contributed by atoms with van der Waals surface area (Å²) in [6.45, 7) is 3.94. The normalized spacial score (nSPS) is 10.4. The summed E-state index contributed by atoms with van der Waals surface area (Å²) in [5.41, 5.74) is 5.20. The molecule has 5 heteroatoms. The first kappa shape index (κ1) is 12.3. The number of nitrogens with zero attached hydrogens (tertiary/aromatic N) is 1. The van der Waals surface area contributed by atoms with Gasteiger partial charge in [-0.3, -0.25) is 15.2 Å². The second-order valence-electron chi connectivity index (χ2n) is 4.07. The van der Waals surface area contributed by atoms with Crippen LogP contribution in [0.4, 0.5) is 0 Å². The van der Waals surface area contributed by atoms with E-state index in [4.69, 9.17) is 10.6 Å². The number of fused-ring (bicyclic) bond motifs is 1. The summed E-state index contributed by atoms with van der Waals surface area (Å²) < 4.78 is 5.43. The Hall–Kier alpha value is -2.14. The average Bonchev–Trinajstić information content (AvgIpc) is 2.40. The summed E-state index contributed by atoms with van der Waals surface area (Å²) in [4.78, 5) is 15.4. The second kappa shape index (κ2) is 5.01. The molecule has 0 unspecified atom stereocenters. The maximum atomic E-state index is 11.1. The SMILES string of the molecule is Cc1ccc2c(OCC(=O)NN)ccnc2c1C. The number of pyridine rings is 1. The number of carbonyl (C=O) groups is 1. The average molecular weight is 245 g/mol. The Bertz CT molecular complexity index is 596. The van der Waals surface area contributed by atoms with Crippen molar-refractivity contribution in [2.24, 2.45) is 5.84 Å². The van der Waals surface area contributed by atoms with Crippen LogP contribution >= 0.6 is 0 Å². The van der Waals surface area contributed by atoms with Gasteiger partial charge in [-0.05, 0) is 37.1 Å². The molecule has 2 rings (SSSR count). The quantitative estimate of drug-likeness (QED) is 0.484. The number of benzene rings is 1. The third-order valence-electron chi connectivity index (χ3n) is 2.92. The molecule has 0 aliphatic heterocycles. The third kappa shape index (κ3) is 2.26. The van der Waals surface area contributed by atoms with E-state index in [0.29, 0.717) is 5.75 Å². The largest absolute Gasteiger partial charge is 0.483 e. The highest BCUT2D eigenvalue weighted by Gasteiger charge is 2.08. The van der Waals surface area contributed by atoms with Crippen LogP contribution in [0.15, 0.2) is 24.4 Å². The predicted molar refractivity (Wildman–Crippen MR) is 69.0 cm³/mol. The highest BCUT2D eigenvalue weighted by molar-refractivity contribution is 5.88. The molecule has 94 valence electrons. The van der Waals surface area contributed by atoms with Gasteiger partial charge in [-0.2, -0.15) is 0 Å². The lowest BCUT2D eigenvalue weighted by Crippen LogP contribution is -2.34. The molecule has 0 aliphatic rings. The standard InChI is InChI=1S/C13H15N3O2/c1-8-3-4-10-11(18-7-12(17)16-14)5-6-15-13(10)9(8)2/h3-6H,7,14H2,1-2H3,(H,16,17). The van der Waals surface area contributed by atoms with E-state index in [0.717, 1.165) is 16.5 Å². The predicted octanol–water partition coefficient (Wildman–Crippen LogP) is 1.22. The zero-order valence-corrected chi connectivity index (χ0v) is 10.4. The lowest BCUT2D eigenvalue weighted by molar-refractivity contribution is -0.123. The van der Waals surface area contributed by atoms with E-state index in [1.807, 2.05) is 31.4 Å². The molecule has 18 heavy (non-hydrogen) atoms. The van der Waals surface area contributed by atoms with Gasteiger partial charge in [0, 0.05) is 11.6 Å². The fourth-order valence-corrected chi connectivity index (χ4v) is 1.75. The molecular weight excluding hydrogens is 230 g/mol. The number of hydrogen-bond acceptors (Lipinski definition) is 4. The first-order chi connectivity index (χ1) is 8.63. The van der Waals surface area contributed by atoms with E-state index < -0.39 is 0 Å². The number of ether oxygens (including phenoxy) is 1. The summed E-state index contributed by atoms with van der Waals surface area (Å²) >= 11 is 0. The molecule has 1 amide bonds. The van der Waals surface area contributed by atoms with Gasteiger partial charge < -0.3 is 4.74 Å². The number of hydrogen-bond donors (Lipinski definition) is 2. The van der Waals surface area contributed by atoms with Crippen molar-refractivity contribution in [1.82, 2.24) is 10.4 Å². The highest BCUT2D eigenvalue weighted by atomic mass is 16.5. The summed E-state index contributed by atoms with van der Waals surface area (Å²) in [6.07, 6.45) is 1.67. The number of nitrogens with one attached hydrogen (secondary N) is 1. The number of hydrazine groups is 1. The summed E-state index contributed by atoms with van der Waals surface area (Å²) in [5.74, 6) is 5.26. The molecular formula is C13H15N3O2. The maximum absolute atomic E-state index is 11.1. The number of nitrogens with two attached hydrogens (primary N) is 1. The van der Waals surface area contributed by atoms with Crippen molar-refractivity contribution >= 4 is 16.8 Å². The van der Waals surface area contributed by atoms with Crippen LogP contribution in [0.3, 0.4) is 0 Å². The van der Waals surface area contributed by atoms with Crippen molar-refractivity contribution in [3.63, 3.8) is 0 Å². The van der Waals surface area contributed by atoms with Gasteiger partial charge in [0.25, 0.3) is 5.91 Å². The van der Waals surface area contributed by atoms with E-state index in [-0.39, 0.29) is 12.5 Å². The topological polar surface area (TPSA) is 77.2 Å². The van der Waals surface area contributed by atoms with Crippen LogP contribution in [0.2, 0.25) is 0 Å². The van der Waals surface area contributed by atoms with E-state index in [1.165, 1.54) is 5.56 Å². The van der Waals surface area contributed by atoms with Crippen molar-refractivity contribution < 1.29 is 9.53 Å². The Morgan fingerprint density at radius 3 is 2.89 bits per heavy atom. The number of carbonyl (C=O) groups excluding carboxylic acids is 1. The minimum atomic E-state index is -0.371. The molecule has 0 spiro atoms. The fourth-order valence-electron chi connectivity index (χ4n) is 1.75. The van der Waals surface area contributed by atoms with E-state index in [1.54, 1.807) is 12.3 Å². The van der Waals surface area contributed by atoms with Gasteiger partial charge in [0.15, 0.2) is 6.61 Å². The molecule has 3 N–H and O–H groups in total.